The Morgan fingerprint density at radius 1 is 1.29 bits per heavy atom. The van der Waals surface area contributed by atoms with Crippen molar-refractivity contribution in [1.82, 2.24) is 9.80 Å². The van der Waals surface area contributed by atoms with Crippen molar-refractivity contribution in [3.05, 3.63) is 36.4 Å². The van der Waals surface area contributed by atoms with Gasteiger partial charge in [-0.25, -0.2) is 0 Å². The summed E-state index contributed by atoms with van der Waals surface area (Å²) in [7, 11) is 2.07. The molecule has 0 aliphatic rings. The molecule has 0 bridgehead atoms. The van der Waals surface area contributed by atoms with Crippen LogP contribution in [0.15, 0.2) is 30.9 Å². The molecule has 0 aliphatic carbocycles. The van der Waals surface area contributed by atoms with Crippen LogP contribution in [0.1, 0.15) is 19.4 Å². The van der Waals surface area contributed by atoms with Gasteiger partial charge in [0, 0.05) is 37.0 Å². The lowest BCUT2D eigenvalue weighted by Gasteiger charge is -2.20. The van der Waals surface area contributed by atoms with Crippen molar-refractivity contribution < 1.29 is 4.74 Å². The Bertz CT molecular complexity index is 430. The average molecular weight is 291 g/mol. The lowest BCUT2D eigenvalue weighted by atomic mass is 10.1. The van der Waals surface area contributed by atoms with E-state index >= 15 is 0 Å². The molecule has 0 radical (unpaired) electrons. The Balaban J connectivity index is 2.66. The zero-order chi connectivity index (χ0) is 15.7. The smallest absolute Gasteiger partial charge is 0.125 e. The van der Waals surface area contributed by atoms with Crippen molar-refractivity contribution >= 4 is 5.69 Å². The standard InChI is InChI=1S/C17H29N3O/c1-5-10-19(4)14-15-8-9-16(18)13-17(15)21-12-11-20(6-2)7-3/h5,8-9,13H,1,6-7,10-12,14,18H2,2-4H3. The van der Waals surface area contributed by atoms with Crippen LogP contribution in [-0.4, -0.2) is 49.6 Å². The summed E-state index contributed by atoms with van der Waals surface area (Å²) in [5.74, 6) is 0.887. The van der Waals surface area contributed by atoms with Gasteiger partial charge in [0.2, 0.25) is 0 Å². The Morgan fingerprint density at radius 3 is 2.62 bits per heavy atom. The van der Waals surface area contributed by atoms with Crippen molar-refractivity contribution in [2.24, 2.45) is 0 Å². The van der Waals surface area contributed by atoms with Crippen LogP contribution in [0, 0.1) is 0 Å². The predicted octanol–water partition coefficient (Wildman–Crippen LogP) is 2.61. The number of benzene rings is 1. The van der Waals surface area contributed by atoms with E-state index in [1.807, 2.05) is 24.3 Å². The molecule has 1 aromatic rings. The number of anilines is 1. The molecule has 21 heavy (non-hydrogen) atoms. The van der Waals surface area contributed by atoms with E-state index in [-0.39, 0.29) is 0 Å². The van der Waals surface area contributed by atoms with Gasteiger partial charge in [0.15, 0.2) is 0 Å². The zero-order valence-corrected chi connectivity index (χ0v) is 13.6. The first-order valence-corrected chi connectivity index (χ1v) is 7.63. The lowest BCUT2D eigenvalue weighted by Crippen LogP contribution is -2.28. The van der Waals surface area contributed by atoms with Crippen molar-refractivity contribution in [1.29, 1.82) is 0 Å². The SMILES string of the molecule is C=CCN(C)Cc1ccc(N)cc1OCCN(CC)CC. The number of rotatable bonds is 10. The summed E-state index contributed by atoms with van der Waals surface area (Å²) in [6, 6.07) is 5.88. The van der Waals surface area contributed by atoms with Gasteiger partial charge < -0.3 is 15.4 Å². The Kier molecular flexibility index (Phi) is 7.87. The molecule has 0 spiro atoms. The largest absolute Gasteiger partial charge is 0.492 e. The van der Waals surface area contributed by atoms with Crippen molar-refractivity contribution in [3.63, 3.8) is 0 Å². The maximum atomic E-state index is 5.96. The van der Waals surface area contributed by atoms with Crippen LogP contribution in [0.5, 0.6) is 5.75 Å². The maximum Gasteiger partial charge on any atom is 0.125 e. The van der Waals surface area contributed by atoms with Gasteiger partial charge >= 0.3 is 0 Å². The second-order valence-corrected chi connectivity index (χ2v) is 5.23. The summed E-state index contributed by atoms with van der Waals surface area (Å²) >= 11 is 0. The third kappa shape index (κ3) is 6.19. The van der Waals surface area contributed by atoms with Crippen LogP contribution < -0.4 is 10.5 Å². The summed E-state index contributed by atoms with van der Waals surface area (Å²) in [5.41, 5.74) is 7.78. The van der Waals surface area contributed by atoms with E-state index in [1.165, 1.54) is 0 Å². The van der Waals surface area contributed by atoms with Gasteiger partial charge in [-0.2, -0.15) is 0 Å². The van der Waals surface area contributed by atoms with Crippen LogP contribution >= 0.6 is 0 Å². The van der Waals surface area contributed by atoms with E-state index in [9.17, 15) is 0 Å². The molecule has 0 saturated carbocycles. The van der Waals surface area contributed by atoms with E-state index in [1.54, 1.807) is 0 Å². The van der Waals surface area contributed by atoms with Crippen LogP contribution in [0.4, 0.5) is 5.69 Å². The topological polar surface area (TPSA) is 41.7 Å². The average Bonchev–Trinajstić information content (AvgIpc) is 2.46. The van der Waals surface area contributed by atoms with Crippen molar-refractivity contribution in [2.45, 2.75) is 20.4 Å². The first-order valence-electron chi connectivity index (χ1n) is 7.63. The molecule has 0 unspecified atom stereocenters. The van der Waals surface area contributed by atoms with Crippen molar-refractivity contribution in [3.8, 4) is 5.75 Å². The van der Waals surface area contributed by atoms with Gasteiger partial charge in [-0.15, -0.1) is 6.58 Å². The zero-order valence-electron chi connectivity index (χ0n) is 13.6. The third-order valence-corrected chi connectivity index (χ3v) is 3.53. The molecule has 0 fully saturated rings. The highest BCUT2D eigenvalue weighted by molar-refractivity contribution is 5.48. The van der Waals surface area contributed by atoms with Gasteiger partial charge in [0.25, 0.3) is 0 Å². The number of likely N-dealkylation sites (N-methyl/N-ethyl adjacent to an activating group) is 2. The van der Waals surface area contributed by atoms with Gasteiger partial charge in [-0.3, -0.25) is 4.90 Å². The Hall–Kier alpha value is -1.52. The molecule has 0 aliphatic heterocycles. The molecule has 1 rings (SSSR count). The van der Waals surface area contributed by atoms with Gasteiger partial charge in [-0.1, -0.05) is 26.0 Å². The highest BCUT2D eigenvalue weighted by Crippen LogP contribution is 2.23. The van der Waals surface area contributed by atoms with E-state index in [0.29, 0.717) is 6.61 Å². The van der Waals surface area contributed by atoms with Gasteiger partial charge in [-0.05, 0) is 26.2 Å². The van der Waals surface area contributed by atoms with E-state index in [2.05, 4.69) is 37.3 Å². The van der Waals surface area contributed by atoms with Crippen LogP contribution in [0.2, 0.25) is 0 Å². The first kappa shape index (κ1) is 17.5. The Morgan fingerprint density at radius 2 is 2.00 bits per heavy atom. The van der Waals surface area contributed by atoms with Gasteiger partial charge in [0.05, 0.1) is 0 Å². The molecule has 4 heteroatoms. The van der Waals surface area contributed by atoms with Crippen LogP contribution in [0.3, 0.4) is 0 Å². The molecule has 0 saturated heterocycles. The molecular formula is C17H29N3O. The number of nitrogen functional groups attached to an aromatic ring is 1. The minimum atomic E-state index is 0.684. The highest BCUT2D eigenvalue weighted by Gasteiger charge is 2.08. The highest BCUT2D eigenvalue weighted by atomic mass is 16.5. The molecule has 0 amide bonds. The quantitative estimate of drug-likeness (QED) is 0.531. The third-order valence-electron chi connectivity index (χ3n) is 3.53. The molecular weight excluding hydrogens is 262 g/mol. The molecule has 1 aromatic carbocycles. The number of hydrogen-bond donors (Lipinski definition) is 1. The minimum absolute atomic E-state index is 0.684. The number of hydrogen-bond acceptors (Lipinski definition) is 4. The molecule has 0 aromatic heterocycles. The molecule has 4 nitrogen and oxygen atoms in total. The first-order chi connectivity index (χ1) is 10.1. The second kappa shape index (κ2) is 9.42. The lowest BCUT2D eigenvalue weighted by molar-refractivity contribution is 0.220. The second-order valence-electron chi connectivity index (χ2n) is 5.23. The summed E-state index contributed by atoms with van der Waals surface area (Å²) in [4.78, 5) is 4.53. The fourth-order valence-corrected chi connectivity index (χ4v) is 2.24. The van der Waals surface area contributed by atoms with E-state index < -0.39 is 0 Å². The monoisotopic (exact) mass is 291 g/mol. The van der Waals surface area contributed by atoms with E-state index in [0.717, 1.165) is 49.7 Å². The number of ether oxygens (including phenoxy) is 1. The molecule has 118 valence electrons. The maximum absolute atomic E-state index is 5.96. The molecule has 2 N–H and O–H groups in total. The fraction of sp³-hybridized carbons (Fsp3) is 0.529. The van der Waals surface area contributed by atoms with Crippen molar-refractivity contribution in [2.75, 3.05) is 45.6 Å². The normalized spacial score (nSPS) is 11.1. The fourth-order valence-electron chi connectivity index (χ4n) is 2.24. The molecule has 0 heterocycles. The summed E-state index contributed by atoms with van der Waals surface area (Å²) in [6.07, 6.45) is 1.90. The summed E-state index contributed by atoms with van der Waals surface area (Å²) in [6.45, 7) is 13.5. The summed E-state index contributed by atoms with van der Waals surface area (Å²) in [5, 5.41) is 0. The van der Waals surface area contributed by atoms with E-state index in [4.69, 9.17) is 10.5 Å². The van der Waals surface area contributed by atoms with Gasteiger partial charge in [0.1, 0.15) is 12.4 Å². The van der Waals surface area contributed by atoms with Crippen LogP contribution in [0.25, 0.3) is 0 Å². The Labute approximate surface area is 129 Å². The predicted molar refractivity (Wildman–Crippen MR) is 90.7 cm³/mol. The van der Waals surface area contributed by atoms with Crippen LogP contribution in [-0.2, 0) is 6.54 Å². The number of nitrogens with two attached hydrogens (primary N) is 1. The summed E-state index contributed by atoms with van der Waals surface area (Å²) < 4.78 is 5.96. The minimum Gasteiger partial charge on any atom is -0.492 e. The molecule has 0 atom stereocenters. The number of nitrogens with zero attached hydrogens (tertiary/aromatic N) is 2.